The third-order valence-corrected chi connectivity index (χ3v) is 4.83. The van der Waals surface area contributed by atoms with Gasteiger partial charge in [-0.25, -0.2) is 0 Å². The van der Waals surface area contributed by atoms with E-state index in [4.69, 9.17) is 4.74 Å². The zero-order valence-electron chi connectivity index (χ0n) is 15.6. The van der Waals surface area contributed by atoms with Gasteiger partial charge in [0.15, 0.2) is 5.82 Å². The molecule has 0 saturated carbocycles. The van der Waals surface area contributed by atoms with Crippen molar-refractivity contribution >= 4 is 40.6 Å². The summed E-state index contributed by atoms with van der Waals surface area (Å²) >= 11 is 1.13. The molecular weight excluding hydrogens is 380 g/mol. The molecule has 0 aliphatic carbocycles. The molecule has 1 amide bonds. The highest BCUT2D eigenvalue weighted by Gasteiger charge is 2.18. The average Bonchev–Trinajstić information content (AvgIpc) is 3.20. The van der Waals surface area contributed by atoms with Crippen molar-refractivity contribution in [1.29, 1.82) is 0 Å². The Morgan fingerprint density at radius 3 is 2.75 bits per heavy atom. The fourth-order valence-corrected chi connectivity index (χ4v) is 3.28. The molecule has 0 radical (unpaired) electrons. The Balaban J connectivity index is 1.51. The number of anilines is 2. The second kappa shape index (κ2) is 7.98. The van der Waals surface area contributed by atoms with Crippen LogP contribution in [0.5, 0.6) is 0 Å². The Morgan fingerprint density at radius 2 is 1.96 bits per heavy atom. The van der Waals surface area contributed by atoms with Crippen LogP contribution in [-0.2, 0) is 11.3 Å². The van der Waals surface area contributed by atoms with E-state index in [1.165, 1.54) is 0 Å². The van der Waals surface area contributed by atoms with Crippen LogP contribution < -0.4 is 15.1 Å². The summed E-state index contributed by atoms with van der Waals surface area (Å²) < 4.78 is 13.7. The Bertz CT molecular complexity index is 986. The van der Waals surface area contributed by atoms with Crippen LogP contribution in [0.1, 0.15) is 16.2 Å². The van der Waals surface area contributed by atoms with Crippen LogP contribution in [0.2, 0.25) is 0 Å². The number of nitrogens with zero attached hydrogens (tertiary/aromatic N) is 7. The van der Waals surface area contributed by atoms with E-state index in [0.29, 0.717) is 42.0 Å². The average molecular weight is 400 g/mol. The van der Waals surface area contributed by atoms with Crippen LogP contribution in [0, 0.1) is 0 Å². The zero-order valence-corrected chi connectivity index (χ0v) is 16.4. The molecule has 1 aliphatic rings. The summed E-state index contributed by atoms with van der Waals surface area (Å²) in [4.78, 5) is 29.9. The summed E-state index contributed by atoms with van der Waals surface area (Å²) in [7, 11) is 3.75. The maximum atomic E-state index is 12.5. The molecule has 11 heteroatoms. The van der Waals surface area contributed by atoms with Crippen molar-refractivity contribution in [2.24, 2.45) is 0 Å². The van der Waals surface area contributed by atoms with Gasteiger partial charge < -0.3 is 19.9 Å². The van der Waals surface area contributed by atoms with Crippen molar-refractivity contribution in [3.05, 3.63) is 29.6 Å². The van der Waals surface area contributed by atoms with Crippen LogP contribution in [-0.4, -0.2) is 70.0 Å². The van der Waals surface area contributed by atoms with E-state index in [0.717, 1.165) is 30.3 Å². The summed E-state index contributed by atoms with van der Waals surface area (Å²) in [5.74, 6) is 1.44. The van der Waals surface area contributed by atoms with Crippen LogP contribution in [0.3, 0.4) is 0 Å². The topological polar surface area (TPSA) is 109 Å². The van der Waals surface area contributed by atoms with E-state index in [9.17, 15) is 4.79 Å². The molecule has 0 atom stereocenters. The molecule has 3 aromatic rings. The minimum atomic E-state index is -0.213. The number of aromatic nitrogens is 5. The molecular formula is C17H20N8O2S. The minimum Gasteiger partial charge on any atom is -0.378 e. The number of fused-ring (bicyclic) bond motifs is 1. The van der Waals surface area contributed by atoms with Crippen molar-refractivity contribution in [2.75, 3.05) is 50.2 Å². The van der Waals surface area contributed by atoms with E-state index in [1.807, 2.05) is 19.0 Å². The lowest BCUT2D eigenvalue weighted by Crippen LogP contribution is -2.38. The van der Waals surface area contributed by atoms with E-state index in [-0.39, 0.29) is 12.5 Å². The minimum absolute atomic E-state index is 0.201. The van der Waals surface area contributed by atoms with Gasteiger partial charge in [0.05, 0.1) is 31.5 Å². The Kier molecular flexibility index (Phi) is 5.26. The number of hydrogen-bond acceptors (Lipinski definition) is 10. The lowest BCUT2D eigenvalue weighted by Gasteiger charge is -2.27. The number of carbonyl (C=O) groups excluding carboxylic acids is 1. The molecule has 1 N–H and O–H groups in total. The second-order valence-electron chi connectivity index (χ2n) is 6.50. The fourth-order valence-electron chi connectivity index (χ4n) is 2.76. The highest BCUT2D eigenvalue weighted by atomic mass is 32.1. The molecule has 0 bridgehead atoms. The van der Waals surface area contributed by atoms with Gasteiger partial charge in [-0.15, -0.1) is 0 Å². The van der Waals surface area contributed by atoms with Gasteiger partial charge in [-0.1, -0.05) is 0 Å². The molecule has 3 heterocycles. The zero-order chi connectivity index (χ0) is 19.5. The van der Waals surface area contributed by atoms with Gasteiger partial charge in [0.1, 0.15) is 11.0 Å². The van der Waals surface area contributed by atoms with Crippen molar-refractivity contribution in [2.45, 2.75) is 6.54 Å². The van der Waals surface area contributed by atoms with E-state index in [2.05, 4.69) is 33.9 Å². The molecule has 1 fully saturated rings. The highest BCUT2D eigenvalue weighted by molar-refractivity contribution is 7.00. The summed E-state index contributed by atoms with van der Waals surface area (Å²) in [6, 6.07) is 5.25. The van der Waals surface area contributed by atoms with Gasteiger partial charge in [0, 0.05) is 32.7 Å². The predicted molar refractivity (Wildman–Crippen MR) is 106 cm³/mol. The first-order chi connectivity index (χ1) is 13.6. The Labute approximate surface area is 165 Å². The van der Waals surface area contributed by atoms with Crippen molar-refractivity contribution in [1.82, 2.24) is 29.0 Å². The summed E-state index contributed by atoms with van der Waals surface area (Å²) in [5.41, 5.74) is 2.02. The molecule has 0 spiro atoms. The summed E-state index contributed by atoms with van der Waals surface area (Å²) in [6.07, 6.45) is 0. The van der Waals surface area contributed by atoms with Gasteiger partial charge in [-0.2, -0.15) is 23.7 Å². The summed E-state index contributed by atoms with van der Waals surface area (Å²) in [5, 5.41) is 2.87. The quantitative estimate of drug-likeness (QED) is 0.662. The first kappa shape index (κ1) is 18.4. The van der Waals surface area contributed by atoms with E-state index in [1.54, 1.807) is 18.2 Å². The number of morpholine rings is 1. The van der Waals surface area contributed by atoms with Gasteiger partial charge in [-0.3, -0.25) is 4.79 Å². The maximum absolute atomic E-state index is 12.5. The van der Waals surface area contributed by atoms with E-state index >= 15 is 0 Å². The number of ether oxygens (including phenoxy) is 1. The van der Waals surface area contributed by atoms with Crippen LogP contribution in [0.4, 0.5) is 11.9 Å². The first-order valence-electron chi connectivity index (χ1n) is 8.85. The fraction of sp³-hybridized carbons (Fsp3) is 0.412. The van der Waals surface area contributed by atoms with Gasteiger partial charge in [0.2, 0.25) is 11.9 Å². The lowest BCUT2D eigenvalue weighted by molar-refractivity contribution is 0.0950. The molecule has 1 saturated heterocycles. The Hall–Kier alpha value is -2.92. The van der Waals surface area contributed by atoms with Gasteiger partial charge >= 0.3 is 0 Å². The lowest BCUT2D eigenvalue weighted by atomic mass is 10.2. The summed E-state index contributed by atoms with van der Waals surface area (Å²) in [6.45, 7) is 2.94. The third kappa shape index (κ3) is 3.99. The number of nitrogens with one attached hydrogen (secondary N) is 1. The normalized spacial score (nSPS) is 14.3. The van der Waals surface area contributed by atoms with Crippen molar-refractivity contribution in [3.63, 3.8) is 0 Å². The molecule has 28 heavy (non-hydrogen) atoms. The SMILES string of the molecule is CN(C)c1nc(CNC(=O)c2ccc3nsnc3c2)nc(N2CCOCC2)n1. The number of hydrogen-bond donors (Lipinski definition) is 1. The molecule has 2 aromatic heterocycles. The smallest absolute Gasteiger partial charge is 0.251 e. The largest absolute Gasteiger partial charge is 0.378 e. The Morgan fingerprint density at radius 1 is 1.18 bits per heavy atom. The first-order valence-corrected chi connectivity index (χ1v) is 9.59. The molecule has 1 aliphatic heterocycles. The molecule has 10 nitrogen and oxygen atoms in total. The predicted octanol–water partition coefficient (Wildman–Crippen LogP) is 0.709. The standard InChI is InChI=1S/C17H20N8O2S/c1-24(2)16-19-14(20-17(21-16)25-5-7-27-8-6-25)10-18-15(26)11-3-4-12-13(9-11)23-28-22-12/h3-4,9H,5-8,10H2,1-2H3,(H,18,26). The van der Waals surface area contributed by atoms with Crippen LogP contribution in [0.15, 0.2) is 18.2 Å². The number of carbonyl (C=O) groups is 1. The van der Waals surface area contributed by atoms with Gasteiger partial charge in [0.25, 0.3) is 5.91 Å². The van der Waals surface area contributed by atoms with Crippen LogP contribution in [0.25, 0.3) is 11.0 Å². The highest BCUT2D eigenvalue weighted by Crippen LogP contribution is 2.15. The van der Waals surface area contributed by atoms with E-state index < -0.39 is 0 Å². The number of rotatable bonds is 5. The second-order valence-corrected chi connectivity index (χ2v) is 7.02. The van der Waals surface area contributed by atoms with Crippen molar-refractivity contribution < 1.29 is 9.53 Å². The number of amides is 1. The van der Waals surface area contributed by atoms with Crippen LogP contribution >= 0.6 is 11.7 Å². The molecule has 0 unspecified atom stereocenters. The molecule has 146 valence electrons. The number of benzene rings is 1. The molecule has 1 aromatic carbocycles. The van der Waals surface area contributed by atoms with Gasteiger partial charge in [-0.05, 0) is 18.2 Å². The monoisotopic (exact) mass is 400 g/mol. The molecule has 4 rings (SSSR count). The third-order valence-electron chi connectivity index (χ3n) is 4.28. The van der Waals surface area contributed by atoms with Crippen molar-refractivity contribution in [3.8, 4) is 0 Å². The maximum Gasteiger partial charge on any atom is 0.251 e.